The van der Waals surface area contributed by atoms with E-state index in [1.165, 1.54) is 59.4 Å². The third-order valence-corrected chi connectivity index (χ3v) is 7.70. The van der Waals surface area contributed by atoms with Gasteiger partial charge in [-0.1, -0.05) is 43.2 Å². The first-order valence-electron chi connectivity index (χ1n) is 10.6. The summed E-state index contributed by atoms with van der Waals surface area (Å²) in [5.74, 6) is 1.14. The lowest BCUT2D eigenvalue weighted by Gasteiger charge is -2.23. The second-order valence-corrected chi connectivity index (χ2v) is 9.31. The molecule has 1 spiro atoms. The molecule has 1 saturated carbocycles. The molecule has 1 aromatic carbocycles. The van der Waals surface area contributed by atoms with Crippen molar-refractivity contribution in [3.63, 3.8) is 0 Å². The zero-order valence-electron chi connectivity index (χ0n) is 16.4. The van der Waals surface area contributed by atoms with Crippen molar-refractivity contribution in [2.24, 2.45) is 0 Å². The van der Waals surface area contributed by atoms with Crippen molar-refractivity contribution in [3.8, 4) is 10.4 Å². The Morgan fingerprint density at radius 1 is 1.03 bits per heavy atom. The number of aromatic nitrogens is 3. The number of benzene rings is 1. The summed E-state index contributed by atoms with van der Waals surface area (Å²) in [7, 11) is 0. The highest BCUT2D eigenvalue weighted by atomic mass is 32.1. The molecule has 146 valence electrons. The minimum absolute atomic E-state index is 0.312. The van der Waals surface area contributed by atoms with E-state index in [0.29, 0.717) is 5.41 Å². The van der Waals surface area contributed by atoms with Crippen LogP contribution < -0.4 is 5.32 Å². The van der Waals surface area contributed by atoms with E-state index in [9.17, 15) is 0 Å². The number of nitrogens with zero attached hydrogens (tertiary/aromatic N) is 3. The Kier molecular flexibility index (Phi) is 3.98. The molecule has 29 heavy (non-hydrogen) atoms. The monoisotopic (exact) mass is 400 g/mol. The molecule has 3 aromatic heterocycles. The second-order valence-electron chi connectivity index (χ2n) is 8.36. The molecule has 1 N–H and O–H groups in total. The summed E-state index contributed by atoms with van der Waals surface area (Å²) < 4.78 is 2.00. The van der Waals surface area contributed by atoms with Crippen LogP contribution in [0.25, 0.3) is 16.1 Å². The number of thiophene rings is 1. The van der Waals surface area contributed by atoms with E-state index in [2.05, 4.69) is 52.2 Å². The molecule has 5 heteroatoms. The molecular formula is C24H24N4S. The van der Waals surface area contributed by atoms with Gasteiger partial charge in [0.25, 0.3) is 0 Å². The Morgan fingerprint density at radius 3 is 2.79 bits per heavy atom. The first-order chi connectivity index (χ1) is 14.3. The fourth-order valence-corrected chi connectivity index (χ4v) is 6.17. The summed E-state index contributed by atoms with van der Waals surface area (Å²) in [5, 5.41) is 10.5. The van der Waals surface area contributed by atoms with Gasteiger partial charge in [-0.3, -0.25) is 0 Å². The Balaban J connectivity index is 1.40. The summed E-state index contributed by atoms with van der Waals surface area (Å²) in [6.45, 7) is 0.784. The van der Waals surface area contributed by atoms with Crippen LogP contribution in [0.5, 0.6) is 0 Å². The quantitative estimate of drug-likeness (QED) is 0.469. The molecule has 0 amide bonds. The molecule has 0 atom stereocenters. The van der Waals surface area contributed by atoms with E-state index in [1.54, 1.807) is 11.3 Å². The summed E-state index contributed by atoms with van der Waals surface area (Å²) in [6.07, 6.45) is 9.46. The maximum atomic E-state index is 5.09. The molecule has 4 aromatic rings. The van der Waals surface area contributed by atoms with Gasteiger partial charge in [0.2, 0.25) is 0 Å². The van der Waals surface area contributed by atoms with Crippen LogP contribution >= 0.6 is 11.3 Å². The SMILES string of the molecule is c1csc(-c2ccccc2CNc2c3c(nc4ccnn24)C2(CCCC2)CC3)c1. The topological polar surface area (TPSA) is 42.2 Å². The Bertz CT molecular complexity index is 1170. The van der Waals surface area contributed by atoms with E-state index in [4.69, 9.17) is 4.98 Å². The van der Waals surface area contributed by atoms with Gasteiger partial charge in [0, 0.05) is 28.5 Å². The van der Waals surface area contributed by atoms with E-state index in [0.717, 1.165) is 24.4 Å². The standard InChI is InChI=1S/C24H24N4S/c1-2-7-18(20-8-5-15-29-20)17(6-1)16-25-23-19-9-13-24(11-3-4-12-24)22(19)27-21-10-14-26-28(21)23/h1-2,5-8,10,14-15,25H,3-4,9,11-13,16H2. The first-order valence-corrected chi connectivity index (χ1v) is 11.4. The van der Waals surface area contributed by atoms with Gasteiger partial charge in [0.05, 0.1) is 11.9 Å². The molecule has 1 fully saturated rings. The number of rotatable bonds is 4. The van der Waals surface area contributed by atoms with Crippen LogP contribution in [-0.4, -0.2) is 14.6 Å². The number of hydrogen-bond donors (Lipinski definition) is 1. The number of anilines is 1. The lowest BCUT2D eigenvalue weighted by atomic mass is 9.83. The van der Waals surface area contributed by atoms with Crippen molar-refractivity contribution < 1.29 is 0 Å². The number of nitrogens with one attached hydrogen (secondary N) is 1. The minimum atomic E-state index is 0.312. The van der Waals surface area contributed by atoms with Gasteiger partial charge in [-0.15, -0.1) is 11.3 Å². The van der Waals surface area contributed by atoms with Gasteiger partial charge in [-0.2, -0.15) is 9.61 Å². The maximum Gasteiger partial charge on any atom is 0.157 e. The lowest BCUT2D eigenvalue weighted by molar-refractivity contribution is 0.429. The molecule has 0 unspecified atom stereocenters. The fraction of sp³-hybridized carbons (Fsp3) is 0.333. The zero-order chi connectivity index (χ0) is 19.3. The van der Waals surface area contributed by atoms with Crippen molar-refractivity contribution in [2.45, 2.75) is 50.5 Å². The van der Waals surface area contributed by atoms with Crippen LogP contribution in [0, 0.1) is 0 Å². The van der Waals surface area contributed by atoms with E-state index in [1.807, 2.05) is 16.8 Å². The molecule has 0 saturated heterocycles. The molecule has 4 nitrogen and oxygen atoms in total. The van der Waals surface area contributed by atoms with Crippen LogP contribution in [0.3, 0.4) is 0 Å². The Labute approximate surface area is 174 Å². The van der Waals surface area contributed by atoms with Crippen LogP contribution in [0.4, 0.5) is 5.82 Å². The van der Waals surface area contributed by atoms with Crippen LogP contribution in [-0.2, 0) is 18.4 Å². The highest BCUT2D eigenvalue weighted by molar-refractivity contribution is 7.13. The van der Waals surface area contributed by atoms with Crippen LogP contribution in [0.1, 0.15) is 48.9 Å². The van der Waals surface area contributed by atoms with Gasteiger partial charge in [0.15, 0.2) is 5.65 Å². The highest BCUT2D eigenvalue weighted by Crippen LogP contribution is 2.51. The summed E-state index contributed by atoms with van der Waals surface area (Å²) in [5.41, 5.74) is 6.63. The van der Waals surface area contributed by atoms with E-state index in [-0.39, 0.29) is 0 Å². The Morgan fingerprint density at radius 2 is 1.93 bits per heavy atom. The first kappa shape index (κ1) is 17.2. The Hall–Kier alpha value is -2.66. The maximum absolute atomic E-state index is 5.09. The largest absolute Gasteiger partial charge is 0.366 e. The van der Waals surface area contributed by atoms with Crippen LogP contribution in [0.15, 0.2) is 54.0 Å². The number of hydrogen-bond acceptors (Lipinski definition) is 4. The molecule has 3 heterocycles. The van der Waals surface area contributed by atoms with Crippen molar-refractivity contribution in [2.75, 3.05) is 5.32 Å². The van der Waals surface area contributed by atoms with E-state index >= 15 is 0 Å². The molecule has 0 radical (unpaired) electrons. The summed E-state index contributed by atoms with van der Waals surface area (Å²) in [4.78, 5) is 6.40. The van der Waals surface area contributed by atoms with E-state index < -0.39 is 0 Å². The zero-order valence-corrected chi connectivity index (χ0v) is 17.2. The minimum Gasteiger partial charge on any atom is -0.366 e. The van der Waals surface area contributed by atoms with Crippen molar-refractivity contribution in [3.05, 3.63) is 70.9 Å². The third kappa shape index (κ3) is 2.71. The predicted molar refractivity (Wildman–Crippen MR) is 119 cm³/mol. The summed E-state index contributed by atoms with van der Waals surface area (Å²) in [6, 6.07) is 15.0. The van der Waals surface area contributed by atoms with Gasteiger partial charge < -0.3 is 5.32 Å². The van der Waals surface area contributed by atoms with Gasteiger partial charge in [-0.25, -0.2) is 4.98 Å². The molecule has 0 bridgehead atoms. The highest BCUT2D eigenvalue weighted by Gasteiger charge is 2.44. The van der Waals surface area contributed by atoms with Gasteiger partial charge in [-0.05, 0) is 48.3 Å². The average molecular weight is 401 g/mol. The van der Waals surface area contributed by atoms with Gasteiger partial charge in [0.1, 0.15) is 5.82 Å². The number of fused-ring (bicyclic) bond motifs is 3. The smallest absolute Gasteiger partial charge is 0.157 e. The van der Waals surface area contributed by atoms with Crippen molar-refractivity contribution >= 4 is 22.8 Å². The van der Waals surface area contributed by atoms with Crippen molar-refractivity contribution in [1.82, 2.24) is 14.6 Å². The average Bonchev–Trinajstić information content (AvgIpc) is 3.55. The molecular weight excluding hydrogens is 376 g/mol. The molecule has 6 rings (SSSR count). The summed E-state index contributed by atoms with van der Waals surface area (Å²) >= 11 is 1.79. The molecule has 2 aliphatic carbocycles. The van der Waals surface area contributed by atoms with Gasteiger partial charge >= 0.3 is 0 Å². The molecule has 0 aliphatic heterocycles. The molecule has 2 aliphatic rings. The fourth-order valence-electron chi connectivity index (χ4n) is 5.38. The predicted octanol–water partition coefficient (Wildman–Crippen LogP) is 5.83. The second kappa shape index (κ2) is 6.70. The normalized spacial score (nSPS) is 17.2. The van der Waals surface area contributed by atoms with Crippen molar-refractivity contribution in [1.29, 1.82) is 0 Å². The lowest BCUT2D eigenvalue weighted by Crippen LogP contribution is -2.20. The third-order valence-electron chi connectivity index (χ3n) is 6.80. The van der Waals surface area contributed by atoms with Crippen LogP contribution in [0.2, 0.25) is 0 Å².